The molecule has 1 amide bonds. The van der Waals surface area contributed by atoms with Crippen LogP contribution >= 0.6 is 0 Å². The van der Waals surface area contributed by atoms with Crippen LogP contribution < -0.4 is 9.46 Å². The number of amides is 1. The second-order valence-electron chi connectivity index (χ2n) is 5.47. The molecule has 1 aromatic rings. The third-order valence-electron chi connectivity index (χ3n) is 3.85. The van der Waals surface area contributed by atoms with E-state index in [4.69, 9.17) is 4.74 Å². The molecule has 1 aromatic carbocycles. The van der Waals surface area contributed by atoms with Crippen LogP contribution in [0.15, 0.2) is 23.1 Å². The average Bonchev–Trinajstić information content (AvgIpc) is 2.98. The lowest BCUT2D eigenvalue weighted by Crippen LogP contribution is -2.32. The minimum absolute atomic E-state index is 0.114. The largest absolute Gasteiger partial charge is 0.497 e. The van der Waals surface area contributed by atoms with E-state index >= 15 is 0 Å². The number of nitrogens with one attached hydrogen (secondary N) is 1. The zero-order valence-corrected chi connectivity index (χ0v) is 13.5. The van der Waals surface area contributed by atoms with Crippen molar-refractivity contribution in [3.63, 3.8) is 0 Å². The SMILES string of the molecule is COc1ccc(S(=O)(=O)NC(=O)CC2CCCC2)c([N+](=O)[O-])c1. The summed E-state index contributed by atoms with van der Waals surface area (Å²) < 4.78 is 31.3. The van der Waals surface area contributed by atoms with Gasteiger partial charge >= 0.3 is 0 Å². The van der Waals surface area contributed by atoms with Gasteiger partial charge in [-0.25, -0.2) is 13.1 Å². The zero-order chi connectivity index (χ0) is 17.0. The van der Waals surface area contributed by atoms with Gasteiger partial charge in [0.1, 0.15) is 5.75 Å². The summed E-state index contributed by atoms with van der Waals surface area (Å²) in [5.41, 5.74) is -0.634. The number of nitro benzene ring substituents is 1. The highest BCUT2D eigenvalue weighted by Gasteiger charge is 2.29. The first-order chi connectivity index (χ1) is 10.8. The molecule has 2 rings (SSSR count). The third kappa shape index (κ3) is 4.19. The molecule has 1 saturated carbocycles. The molecule has 0 spiro atoms. The Morgan fingerprint density at radius 2 is 2.04 bits per heavy atom. The van der Waals surface area contributed by atoms with Gasteiger partial charge in [0, 0.05) is 6.42 Å². The first kappa shape index (κ1) is 17.2. The monoisotopic (exact) mass is 342 g/mol. The molecule has 0 aromatic heterocycles. The minimum atomic E-state index is -4.30. The van der Waals surface area contributed by atoms with E-state index in [-0.39, 0.29) is 18.1 Å². The van der Waals surface area contributed by atoms with Gasteiger partial charge in [-0.05, 0) is 30.9 Å². The molecule has 1 fully saturated rings. The molecule has 0 bridgehead atoms. The molecular weight excluding hydrogens is 324 g/mol. The maximum Gasteiger partial charge on any atom is 0.293 e. The summed E-state index contributed by atoms with van der Waals surface area (Å²) in [4.78, 5) is 21.6. The number of methoxy groups -OCH3 is 1. The van der Waals surface area contributed by atoms with Gasteiger partial charge in [0.05, 0.1) is 18.1 Å². The Morgan fingerprint density at radius 1 is 1.39 bits per heavy atom. The van der Waals surface area contributed by atoms with Gasteiger partial charge in [-0.3, -0.25) is 14.9 Å². The van der Waals surface area contributed by atoms with Gasteiger partial charge in [-0.1, -0.05) is 12.8 Å². The first-order valence-electron chi connectivity index (χ1n) is 7.21. The van der Waals surface area contributed by atoms with E-state index < -0.39 is 31.4 Å². The maximum absolute atomic E-state index is 12.3. The minimum Gasteiger partial charge on any atom is -0.497 e. The van der Waals surface area contributed by atoms with E-state index in [0.29, 0.717) is 0 Å². The molecule has 1 aliphatic carbocycles. The molecular formula is C14H18N2O6S. The molecule has 9 heteroatoms. The van der Waals surface area contributed by atoms with Gasteiger partial charge in [-0.2, -0.15) is 0 Å². The average molecular weight is 342 g/mol. The van der Waals surface area contributed by atoms with Crippen molar-refractivity contribution in [3.05, 3.63) is 28.3 Å². The van der Waals surface area contributed by atoms with Crippen LogP contribution in [0.2, 0.25) is 0 Å². The van der Waals surface area contributed by atoms with E-state index in [1.807, 2.05) is 4.72 Å². The molecule has 0 aliphatic heterocycles. The van der Waals surface area contributed by atoms with Crippen LogP contribution in [0.25, 0.3) is 0 Å². The molecule has 0 heterocycles. The van der Waals surface area contributed by atoms with Crippen LogP contribution in [0.4, 0.5) is 5.69 Å². The highest BCUT2D eigenvalue weighted by Crippen LogP contribution is 2.29. The van der Waals surface area contributed by atoms with E-state index in [0.717, 1.165) is 37.8 Å². The smallest absolute Gasteiger partial charge is 0.293 e. The summed E-state index contributed by atoms with van der Waals surface area (Å²) in [6.45, 7) is 0. The number of carbonyl (C=O) groups is 1. The van der Waals surface area contributed by atoms with Gasteiger partial charge in [0.25, 0.3) is 15.7 Å². The fourth-order valence-corrected chi connectivity index (χ4v) is 3.87. The van der Waals surface area contributed by atoms with Gasteiger partial charge in [0.15, 0.2) is 4.90 Å². The Balaban J connectivity index is 2.21. The van der Waals surface area contributed by atoms with Crippen LogP contribution in [0.3, 0.4) is 0 Å². The lowest BCUT2D eigenvalue weighted by molar-refractivity contribution is -0.387. The quantitative estimate of drug-likeness (QED) is 0.624. The number of hydrogen-bond donors (Lipinski definition) is 1. The summed E-state index contributed by atoms with van der Waals surface area (Å²) in [6.07, 6.45) is 3.98. The van der Waals surface area contributed by atoms with Crippen molar-refractivity contribution < 1.29 is 22.9 Å². The van der Waals surface area contributed by atoms with Crippen molar-refractivity contribution >= 4 is 21.6 Å². The van der Waals surface area contributed by atoms with Gasteiger partial charge in [-0.15, -0.1) is 0 Å². The lowest BCUT2D eigenvalue weighted by Gasteiger charge is -2.11. The van der Waals surface area contributed by atoms with Gasteiger partial charge < -0.3 is 4.74 Å². The topological polar surface area (TPSA) is 116 Å². The van der Waals surface area contributed by atoms with Crippen molar-refractivity contribution in [2.75, 3.05) is 7.11 Å². The fraction of sp³-hybridized carbons (Fsp3) is 0.500. The molecule has 23 heavy (non-hydrogen) atoms. The number of hydrogen-bond acceptors (Lipinski definition) is 6. The van der Waals surface area contributed by atoms with Crippen molar-refractivity contribution in [2.45, 2.75) is 37.0 Å². The number of ether oxygens (including phenoxy) is 1. The molecule has 0 atom stereocenters. The molecule has 1 N–H and O–H groups in total. The summed E-state index contributed by atoms with van der Waals surface area (Å²) in [7, 11) is -2.98. The predicted molar refractivity (Wildman–Crippen MR) is 81.6 cm³/mol. The summed E-state index contributed by atoms with van der Waals surface area (Å²) in [6, 6.07) is 3.36. The Bertz CT molecular complexity index is 710. The molecule has 1 aliphatic rings. The third-order valence-corrected chi connectivity index (χ3v) is 5.27. The number of nitrogens with zero attached hydrogens (tertiary/aromatic N) is 1. The zero-order valence-electron chi connectivity index (χ0n) is 12.6. The maximum atomic E-state index is 12.3. The Labute approximate surface area is 134 Å². The van der Waals surface area contributed by atoms with Crippen molar-refractivity contribution in [1.82, 2.24) is 4.72 Å². The van der Waals surface area contributed by atoms with E-state index in [2.05, 4.69) is 0 Å². The fourth-order valence-electron chi connectivity index (χ4n) is 2.72. The Hall–Kier alpha value is -2.16. The highest BCUT2D eigenvalue weighted by molar-refractivity contribution is 7.90. The Morgan fingerprint density at radius 3 is 2.61 bits per heavy atom. The van der Waals surface area contributed by atoms with Crippen molar-refractivity contribution in [2.24, 2.45) is 5.92 Å². The highest BCUT2D eigenvalue weighted by atomic mass is 32.2. The number of nitro groups is 1. The summed E-state index contributed by atoms with van der Waals surface area (Å²) >= 11 is 0. The molecule has 8 nitrogen and oxygen atoms in total. The van der Waals surface area contributed by atoms with Crippen LogP contribution in [-0.4, -0.2) is 26.4 Å². The summed E-state index contributed by atoms with van der Waals surface area (Å²) in [5, 5.41) is 11.1. The predicted octanol–water partition coefficient (Wildman–Crippen LogP) is 1.99. The van der Waals surface area contributed by atoms with E-state index in [1.54, 1.807) is 0 Å². The molecule has 126 valence electrons. The summed E-state index contributed by atoms with van der Waals surface area (Å²) in [5.74, 6) is -0.300. The molecule has 0 unspecified atom stereocenters. The van der Waals surface area contributed by atoms with Crippen molar-refractivity contribution in [1.29, 1.82) is 0 Å². The number of sulfonamides is 1. The second-order valence-corrected chi connectivity index (χ2v) is 7.12. The number of carbonyl (C=O) groups excluding carboxylic acids is 1. The Kier molecular flexibility index (Phi) is 5.19. The van der Waals surface area contributed by atoms with E-state index in [9.17, 15) is 23.3 Å². The van der Waals surface area contributed by atoms with Crippen LogP contribution in [0, 0.1) is 16.0 Å². The molecule has 0 saturated heterocycles. The molecule has 0 radical (unpaired) electrons. The van der Waals surface area contributed by atoms with Crippen molar-refractivity contribution in [3.8, 4) is 5.75 Å². The lowest BCUT2D eigenvalue weighted by atomic mass is 10.0. The number of benzene rings is 1. The second kappa shape index (κ2) is 6.95. The van der Waals surface area contributed by atoms with Crippen LogP contribution in [0.1, 0.15) is 32.1 Å². The normalized spacial score (nSPS) is 15.3. The van der Waals surface area contributed by atoms with E-state index in [1.165, 1.54) is 13.2 Å². The van der Waals surface area contributed by atoms with Gasteiger partial charge in [0.2, 0.25) is 5.91 Å². The first-order valence-corrected chi connectivity index (χ1v) is 8.70. The van der Waals surface area contributed by atoms with Crippen LogP contribution in [-0.2, 0) is 14.8 Å². The van der Waals surface area contributed by atoms with Crippen LogP contribution in [0.5, 0.6) is 5.75 Å². The standard InChI is InChI=1S/C14H18N2O6S/c1-22-11-6-7-13(12(9-11)16(18)19)23(20,21)15-14(17)8-10-4-2-3-5-10/h6-7,9-10H,2-5,8H2,1H3,(H,15,17). The number of rotatable bonds is 6.